The van der Waals surface area contributed by atoms with Gasteiger partial charge in [-0.05, 0) is 25.0 Å². The second-order valence-corrected chi connectivity index (χ2v) is 8.15. The van der Waals surface area contributed by atoms with E-state index in [2.05, 4.69) is 19.1 Å². The van der Waals surface area contributed by atoms with Crippen LogP contribution in [-0.2, 0) is 9.84 Å². The molecular weight excluding hydrogens is 266 g/mol. The lowest BCUT2D eigenvalue weighted by Gasteiger charge is -2.22. The zero-order valence-electron chi connectivity index (χ0n) is 11.1. The van der Waals surface area contributed by atoms with Crippen molar-refractivity contribution in [2.24, 2.45) is 5.73 Å². The van der Waals surface area contributed by atoms with E-state index in [4.69, 9.17) is 5.73 Å². The maximum Gasteiger partial charge on any atom is 0.148 e. The molecule has 5 heteroatoms. The lowest BCUT2D eigenvalue weighted by atomic mass is 10.0. The van der Waals surface area contributed by atoms with E-state index in [0.717, 1.165) is 0 Å². The van der Waals surface area contributed by atoms with Gasteiger partial charge in [-0.2, -0.15) is 11.8 Å². The van der Waals surface area contributed by atoms with Crippen molar-refractivity contribution in [3.63, 3.8) is 0 Å². The summed E-state index contributed by atoms with van der Waals surface area (Å²) in [4.78, 5) is 0. The van der Waals surface area contributed by atoms with Gasteiger partial charge in [0.1, 0.15) is 9.84 Å². The van der Waals surface area contributed by atoms with Crippen LogP contribution in [0.5, 0.6) is 0 Å². The van der Waals surface area contributed by atoms with Crippen LogP contribution < -0.4 is 5.73 Å². The molecule has 0 heterocycles. The highest BCUT2D eigenvalue weighted by atomic mass is 32.2. The highest BCUT2D eigenvalue weighted by Gasteiger charge is 2.18. The number of hydrogen-bond acceptors (Lipinski definition) is 4. The highest BCUT2D eigenvalue weighted by molar-refractivity contribution is 8.00. The Morgan fingerprint density at radius 1 is 1.33 bits per heavy atom. The second kappa shape index (κ2) is 6.59. The van der Waals surface area contributed by atoms with Crippen LogP contribution in [0.1, 0.15) is 23.3 Å². The van der Waals surface area contributed by atoms with Gasteiger partial charge in [-0.1, -0.05) is 24.3 Å². The van der Waals surface area contributed by atoms with Gasteiger partial charge < -0.3 is 5.73 Å². The molecule has 2 unspecified atom stereocenters. The highest BCUT2D eigenvalue weighted by Crippen LogP contribution is 2.33. The van der Waals surface area contributed by atoms with Gasteiger partial charge in [0.25, 0.3) is 0 Å². The first-order valence-corrected chi connectivity index (χ1v) is 9.02. The molecule has 2 atom stereocenters. The number of thioether (sulfide) groups is 1. The molecule has 0 fully saturated rings. The maximum atomic E-state index is 11.1. The molecule has 1 aromatic carbocycles. The fraction of sp³-hybridized carbons (Fsp3) is 0.538. The first kappa shape index (κ1) is 15.5. The third-order valence-electron chi connectivity index (χ3n) is 2.72. The van der Waals surface area contributed by atoms with Crippen molar-refractivity contribution in [2.75, 3.05) is 17.8 Å². The summed E-state index contributed by atoms with van der Waals surface area (Å²) < 4.78 is 22.3. The van der Waals surface area contributed by atoms with Gasteiger partial charge in [0, 0.05) is 23.3 Å². The molecule has 1 rings (SSSR count). The molecule has 0 aliphatic rings. The van der Waals surface area contributed by atoms with E-state index < -0.39 is 9.84 Å². The van der Waals surface area contributed by atoms with E-state index in [1.54, 1.807) is 11.8 Å². The van der Waals surface area contributed by atoms with Crippen molar-refractivity contribution in [3.8, 4) is 0 Å². The Hall–Kier alpha value is -0.520. The Balaban J connectivity index is 2.76. The molecule has 0 aliphatic heterocycles. The van der Waals surface area contributed by atoms with Crippen LogP contribution in [0.15, 0.2) is 24.3 Å². The van der Waals surface area contributed by atoms with Crippen LogP contribution in [0.25, 0.3) is 0 Å². The number of sulfone groups is 1. The fourth-order valence-corrected chi connectivity index (χ4v) is 4.35. The third-order valence-corrected chi connectivity index (χ3v) is 5.41. The van der Waals surface area contributed by atoms with E-state index in [9.17, 15) is 8.42 Å². The van der Waals surface area contributed by atoms with Crippen LogP contribution >= 0.6 is 11.8 Å². The zero-order chi connectivity index (χ0) is 13.8. The van der Waals surface area contributed by atoms with Gasteiger partial charge in [0.05, 0.1) is 5.75 Å². The van der Waals surface area contributed by atoms with E-state index >= 15 is 0 Å². The Kier molecular flexibility index (Phi) is 5.69. The molecule has 18 heavy (non-hydrogen) atoms. The molecule has 0 amide bonds. The second-order valence-electron chi connectivity index (χ2n) is 4.64. The molecule has 0 spiro atoms. The molecule has 3 nitrogen and oxygen atoms in total. The molecule has 0 saturated heterocycles. The Morgan fingerprint density at radius 3 is 2.44 bits per heavy atom. The summed E-state index contributed by atoms with van der Waals surface area (Å²) in [5.41, 5.74) is 8.42. The van der Waals surface area contributed by atoms with Crippen LogP contribution in [0, 0.1) is 6.92 Å². The van der Waals surface area contributed by atoms with Crippen molar-refractivity contribution in [3.05, 3.63) is 35.4 Å². The van der Waals surface area contributed by atoms with Gasteiger partial charge in [-0.3, -0.25) is 0 Å². The monoisotopic (exact) mass is 287 g/mol. The largest absolute Gasteiger partial charge is 0.327 e. The molecular formula is C13H21NO2S2. The smallest absolute Gasteiger partial charge is 0.148 e. The van der Waals surface area contributed by atoms with Crippen molar-refractivity contribution in [2.45, 2.75) is 25.1 Å². The number of hydrogen-bond donors (Lipinski definition) is 1. The first-order valence-electron chi connectivity index (χ1n) is 5.91. The first-order chi connectivity index (χ1) is 8.31. The topological polar surface area (TPSA) is 60.2 Å². The van der Waals surface area contributed by atoms with E-state index in [1.807, 2.05) is 19.1 Å². The number of rotatable bonds is 6. The average Bonchev–Trinajstić information content (AvgIpc) is 2.24. The molecule has 2 N–H and O–H groups in total. The molecule has 1 aromatic rings. The third kappa shape index (κ3) is 5.00. The predicted molar refractivity (Wildman–Crippen MR) is 79.7 cm³/mol. The zero-order valence-corrected chi connectivity index (χ0v) is 12.7. The number of nitrogens with two attached hydrogens (primary N) is 1. The Morgan fingerprint density at radius 2 is 1.94 bits per heavy atom. The lowest BCUT2D eigenvalue weighted by Crippen LogP contribution is -2.24. The standard InChI is InChI=1S/C13H21NO2S2/c1-10-6-4-5-7-12(10)13(11(2)14)17-8-9-18(3,15)16/h4-7,11,13H,8-9,14H2,1-3H3. The van der Waals surface area contributed by atoms with Crippen molar-refractivity contribution >= 4 is 21.6 Å². The van der Waals surface area contributed by atoms with E-state index in [0.29, 0.717) is 5.75 Å². The van der Waals surface area contributed by atoms with Crippen molar-refractivity contribution in [1.82, 2.24) is 0 Å². The van der Waals surface area contributed by atoms with Gasteiger partial charge in [0.15, 0.2) is 0 Å². The number of aryl methyl sites for hydroxylation is 1. The van der Waals surface area contributed by atoms with Crippen LogP contribution in [0.4, 0.5) is 0 Å². The van der Waals surface area contributed by atoms with E-state index in [-0.39, 0.29) is 17.0 Å². The maximum absolute atomic E-state index is 11.1. The van der Waals surface area contributed by atoms with Crippen molar-refractivity contribution in [1.29, 1.82) is 0 Å². The number of benzene rings is 1. The Bertz CT molecular complexity index is 484. The molecule has 0 aromatic heterocycles. The minimum atomic E-state index is -2.90. The van der Waals surface area contributed by atoms with Gasteiger partial charge in [-0.25, -0.2) is 8.42 Å². The van der Waals surface area contributed by atoms with Crippen LogP contribution in [0.3, 0.4) is 0 Å². The quantitative estimate of drug-likeness (QED) is 0.871. The summed E-state index contributed by atoms with van der Waals surface area (Å²) in [5, 5.41) is 0.146. The molecule has 0 bridgehead atoms. The molecule has 0 aliphatic carbocycles. The van der Waals surface area contributed by atoms with Crippen LogP contribution in [0.2, 0.25) is 0 Å². The van der Waals surface area contributed by atoms with Crippen LogP contribution in [-0.4, -0.2) is 32.2 Å². The summed E-state index contributed by atoms with van der Waals surface area (Å²) >= 11 is 1.62. The molecule has 0 radical (unpaired) electrons. The van der Waals surface area contributed by atoms with Gasteiger partial charge in [0.2, 0.25) is 0 Å². The summed E-state index contributed by atoms with van der Waals surface area (Å²) in [6, 6.07) is 8.11. The van der Waals surface area contributed by atoms with Gasteiger partial charge in [-0.15, -0.1) is 0 Å². The summed E-state index contributed by atoms with van der Waals surface area (Å²) in [6.07, 6.45) is 1.27. The minimum absolute atomic E-state index is 0.00402. The summed E-state index contributed by atoms with van der Waals surface area (Å²) in [7, 11) is -2.90. The average molecular weight is 287 g/mol. The fourth-order valence-electron chi connectivity index (χ4n) is 1.76. The van der Waals surface area contributed by atoms with E-state index in [1.165, 1.54) is 17.4 Å². The van der Waals surface area contributed by atoms with Crippen molar-refractivity contribution < 1.29 is 8.42 Å². The molecule has 0 saturated carbocycles. The normalized spacial score (nSPS) is 15.3. The Labute approximate surface area is 114 Å². The van der Waals surface area contributed by atoms with Gasteiger partial charge >= 0.3 is 0 Å². The summed E-state index contributed by atoms with van der Waals surface area (Å²) in [6.45, 7) is 4.02. The minimum Gasteiger partial charge on any atom is -0.327 e. The summed E-state index contributed by atoms with van der Waals surface area (Å²) in [5.74, 6) is 0.784. The predicted octanol–water partition coefficient (Wildman–Crippen LogP) is 2.16. The molecule has 102 valence electrons. The lowest BCUT2D eigenvalue weighted by molar-refractivity contribution is 0.603. The SMILES string of the molecule is Cc1ccccc1C(SCCS(C)(=O)=O)C(C)N.